The summed E-state index contributed by atoms with van der Waals surface area (Å²) in [4.78, 5) is 20.7. The zero-order chi connectivity index (χ0) is 24.9. The largest absolute Gasteiger partial charge is 0.492 e. The van der Waals surface area contributed by atoms with Gasteiger partial charge in [0.05, 0.1) is 23.7 Å². The fourth-order valence-electron chi connectivity index (χ4n) is 3.96. The highest BCUT2D eigenvalue weighted by Crippen LogP contribution is 2.29. The van der Waals surface area contributed by atoms with Crippen LogP contribution < -0.4 is 10.1 Å². The van der Waals surface area contributed by atoms with Gasteiger partial charge < -0.3 is 15.2 Å². The van der Waals surface area contributed by atoms with Gasteiger partial charge in [0.15, 0.2) is 11.6 Å². The Morgan fingerprint density at radius 2 is 1.86 bits per heavy atom. The van der Waals surface area contributed by atoms with E-state index < -0.39 is 5.97 Å². The number of hydrogen-bond acceptors (Lipinski definition) is 6. The molecular formula is C26H28ClN5O3. The molecule has 4 aromatic rings. The first-order valence-corrected chi connectivity index (χ1v) is 12.0. The molecule has 0 amide bonds. The maximum absolute atomic E-state index is 11.0. The molecule has 0 aliphatic heterocycles. The van der Waals surface area contributed by atoms with Crippen LogP contribution in [0.25, 0.3) is 22.4 Å². The van der Waals surface area contributed by atoms with E-state index in [1.807, 2.05) is 49.0 Å². The van der Waals surface area contributed by atoms with Gasteiger partial charge in [-0.3, -0.25) is 9.48 Å². The molecular weight excluding hydrogens is 466 g/mol. The van der Waals surface area contributed by atoms with Crippen molar-refractivity contribution in [3.63, 3.8) is 0 Å². The number of nitrogens with one attached hydrogen (secondary N) is 1. The van der Waals surface area contributed by atoms with E-state index in [1.165, 1.54) is 0 Å². The number of halogens is 1. The second kappa shape index (κ2) is 10.7. The van der Waals surface area contributed by atoms with Crippen molar-refractivity contribution in [1.82, 2.24) is 19.7 Å². The van der Waals surface area contributed by atoms with E-state index in [1.54, 1.807) is 12.1 Å². The number of carboxylic acids is 1. The molecule has 0 aliphatic carbocycles. The molecule has 2 aromatic heterocycles. The number of fused-ring (bicyclic) bond motifs is 1. The fourth-order valence-corrected chi connectivity index (χ4v) is 4.22. The first kappa shape index (κ1) is 24.5. The number of ether oxygens (including phenoxy) is 1. The van der Waals surface area contributed by atoms with Gasteiger partial charge in [-0.2, -0.15) is 5.10 Å². The van der Waals surface area contributed by atoms with Crippen LogP contribution in [0, 0.1) is 0 Å². The minimum Gasteiger partial charge on any atom is -0.492 e. The molecule has 0 fully saturated rings. The standard InChI is InChI=1S/C26H28ClN5O3/c1-4-6-20-23-24(32(3)31-20)26(28-15-17-9-12-21(35-5-2)19(27)13-17)30-25(29-23)18-10-7-16(8-11-18)14-22(33)34/h7-13H,4-6,14-15H2,1-3H3,(H,33,34)(H,28,29,30). The number of hydrogen-bond donors (Lipinski definition) is 2. The summed E-state index contributed by atoms with van der Waals surface area (Å²) in [5.41, 5.74) is 5.07. The van der Waals surface area contributed by atoms with E-state index >= 15 is 0 Å². The lowest BCUT2D eigenvalue weighted by Gasteiger charge is -2.12. The van der Waals surface area contributed by atoms with E-state index in [2.05, 4.69) is 12.2 Å². The van der Waals surface area contributed by atoms with E-state index in [-0.39, 0.29) is 6.42 Å². The summed E-state index contributed by atoms with van der Waals surface area (Å²) in [5, 5.41) is 17.7. The number of rotatable bonds is 10. The number of aliphatic carboxylic acids is 1. The number of aromatic nitrogens is 4. The number of nitrogens with zero attached hydrogens (tertiary/aromatic N) is 4. The lowest BCUT2D eigenvalue weighted by Crippen LogP contribution is -2.06. The molecule has 0 saturated heterocycles. The van der Waals surface area contributed by atoms with Gasteiger partial charge in [-0.25, -0.2) is 9.97 Å². The third kappa shape index (κ3) is 5.54. The number of benzene rings is 2. The Morgan fingerprint density at radius 1 is 1.11 bits per heavy atom. The normalized spacial score (nSPS) is 11.1. The number of aryl methyl sites for hydroxylation is 2. The molecule has 0 bridgehead atoms. The first-order valence-electron chi connectivity index (χ1n) is 11.6. The van der Waals surface area contributed by atoms with Gasteiger partial charge in [-0.15, -0.1) is 0 Å². The van der Waals surface area contributed by atoms with Gasteiger partial charge in [0.1, 0.15) is 16.8 Å². The Balaban J connectivity index is 1.71. The molecule has 2 N–H and O–H groups in total. The van der Waals surface area contributed by atoms with Crippen LogP contribution in [0.15, 0.2) is 42.5 Å². The molecule has 0 unspecified atom stereocenters. The Hall–Kier alpha value is -3.65. The van der Waals surface area contributed by atoms with Gasteiger partial charge in [-0.05, 0) is 36.6 Å². The minimum absolute atomic E-state index is 0.0269. The smallest absolute Gasteiger partial charge is 0.307 e. The highest BCUT2D eigenvalue weighted by molar-refractivity contribution is 6.32. The van der Waals surface area contributed by atoms with Crippen molar-refractivity contribution in [2.75, 3.05) is 11.9 Å². The third-order valence-corrected chi connectivity index (χ3v) is 5.86. The highest BCUT2D eigenvalue weighted by Gasteiger charge is 2.18. The molecule has 182 valence electrons. The summed E-state index contributed by atoms with van der Waals surface area (Å²) in [5.74, 6) is 1.02. The van der Waals surface area contributed by atoms with Crippen molar-refractivity contribution in [3.8, 4) is 17.1 Å². The van der Waals surface area contributed by atoms with Crippen molar-refractivity contribution >= 4 is 34.4 Å². The Labute approximate surface area is 208 Å². The molecule has 0 atom stereocenters. The molecule has 2 heterocycles. The molecule has 0 aliphatic rings. The Kier molecular flexibility index (Phi) is 7.51. The van der Waals surface area contributed by atoms with Crippen molar-refractivity contribution in [3.05, 3.63) is 64.3 Å². The summed E-state index contributed by atoms with van der Waals surface area (Å²) >= 11 is 6.37. The number of anilines is 1. The Morgan fingerprint density at radius 3 is 2.51 bits per heavy atom. The van der Waals surface area contributed by atoms with Gasteiger partial charge in [0, 0.05) is 19.2 Å². The SMILES string of the molecule is CCCc1nn(C)c2c(NCc3ccc(OCC)c(Cl)c3)nc(-c3ccc(CC(=O)O)cc3)nc12. The zero-order valence-corrected chi connectivity index (χ0v) is 20.8. The summed E-state index contributed by atoms with van der Waals surface area (Å²) in [6, 6.07) is 13.0. The van der Waals surface area contributed by atoms with E-state index in [0.29, 0.717) is 35.6 Å². The summed E-state index contributed by atoms with van der Waals surface area (Å²) < 4.78 is 7.34. The maximum atomic E-state index is 11.0. The zero-order valence-electron chi connectivity index (χ0n) is 20.0. The first-order chi connectivity index (χ1) is 16.9. The van der Waals surface area contributed by atoms with Crippen LogP contribution in [0.1, 0.15) is 37.1 Å². The van der Waals surface area contributed by atoms with Crippen LogP contribution in [0.3, 0.4) is 0 Å². The predicted molar refractivity (Wildman–Crippen MR) is 137 cm³/mol. The van der Waals surface area contributed by atoms with Crippen LogP contribution >= 0.6 is 11.6 Å². The van der Waals surface area contributed by atoms with E-state index in [4.69, 9.17) is 36.5 Å². The topological polar surface area (TPSA) is 102 Å². The molecule has 2 aromatic carbocycles. The minimum atomic E-state index is -0.865. The second-order valence-electron chi connectivity index (χ2n) is 8.23. The molecule has 0 radical (unpaired) electrons. The lowest BCUT2D eigenvalue weighted by molar-refractivity contribution is -0.136. The quantitative estimate of drug-likeness (QED) is 0.310. The lowest BCUT2D eigenvalue weighted by atomic mass is 10.1. The molecule has 4 rings (SSSR count). The summed E-state index contributed by atoms with van der Waals surface area (Å²) in [6.07, 6.45) is 1.73. The van der Waals surface area contributed by atoms with Crippen LogP contribution in [0.2, 0.25) is 5.02 Å². The maximum Gasteiger partial charge on any atom is 0.307 e. The number of carbonyl (C=O) groups is 1. The molecule has 35 heavy (non-hydrogen) atoms. The average molecular weight is 494 g/mol. The van der Waals surface area contributed by atoms with Gasteiger partial charge in [-0.1, -0.05) is 55.3 Å². The predicted octanol–water partition coefficient (Wildman–Crippen LogP) is 5.27. The average Bonchev–Trinajstić information content (AvgIpc) is 3.15. The van der Waals surface area contributed by atoms with Crippen molar-refractivity contribution in [1.29, 1.82) is 0 Å². The molecule has 0 saturated carbocycles. The van der Waals surface area contributed by atoms with Crippen molar-refractivity contribution in [2.24, 2.45) is 7.05 Å². The molecule has 0 spiro atoms. The van der Waals surface area contributed by atoms with Crippen LogP contribution in [-0.2, 0) is 31.2 Å². The van der Waals surface area contributed by atoms with Crippen LogP contribution in [0.5, 0.6) is 5.75 Å². The summed E-state index contributed by atoms with van der Waals surface area (Å²) in [6.45, 7) is 5.09. The van der Waals surface area contributed by atoms with E-state index in [9.17, 15) is 4.79 Å². The van der Waals surface area contributed by atoms with Crippen LogP contribution in [0.4, 0.5) is 5.82 Å². The fraction of sp³-hybridized carbons (Fsp3) is 0.308. The van der Waals surface area contributed by atoms with Crippen molar-refractivity contribution < 1.29 is 14.6 Å². The van der Waals surface area contributed by atoms with Gasteiger partial charge >= 0.3 is 5.97 Å². The van der Waals surface area contributed by atoms with E-state index in [0.717, 1.165) is 46.3 Å². The molecule has 8 nitrogen and oxygen atoms in total. The van der Waals surface area contributed by atoms with Gasteiger partial charge in [0.2, 0.25) is 0 Å². The second-order valence-corrected chi connectivity index (χ2v) is 8.64. The Bertz CT molecular complexity index is 1350. The number of carboxylic acid groups (broad SMARTS) is 1. The monoisotopic (exact) mass is 493 g/mol. The highest BCUT2D eigenvalue weighted by atomic mass is 35.5. The van der Waals surface area contributed by atoms with Gasteiger partial charge in [0.25, 0.3) is 0 Å². The molecule has 9 heteroatoms. The van der Waals surface area contributed by atoms with Crippen molar-refractivity contribution in [2.45, 2.75) is 39.7 Å². The summed E-state index contributed by atoms with van der Waals surface area (Å²) in [7, 11) is 1.89. The van der Waals surface area contributed by atoms with Crippen LogP contribution in [-0.4, -0.2) is 37.4 Å². The third-order valence-electron chi connectivity index (χ3n) is 5.56.